The number of ether oxygens (including phenoxy) is 1. The Labute approximate surface area is 70.3 Å². The SMILES string of the molecule is CCC(O)(CN)OC(=O)CCl. The van der Waals surface area contributed by atoms with Crippen molar-refractivity contribution in [3.8, 4) is 0 Å². The van der Waals surface area contributed by atoms with Gasteiger partial charge < -0.3 is 15.6 Å². The number of hydrogen-bond acceptors (Lipinski definition) is 4. The molecule has 0 aliphatic rings. The van der Waals surface area contributed by atoms with Gasteiger partial charge in [0.1, 0.15) is 5.88 Å². The van der Waals surface area contributed by atoms with Crippen molar-refractivity contribution < 1.29 is 14.6 Å². The van der Waals surface area contributed by atoms with E-state index in [4.69, 9.17) is 17.3 Å². The van der Waals surface area contributed by atoms with Crippen LogP contribution in [0.15, 0.2) is 0 Å². The smallest absolute Gasteiger partial charge is 0.323 e. The van der Waals surface area contributed by atoms with Gasteiger partial charge in [-0.05, 0) is 0 Å². The highest BCUT2D eigenvalue weighted by Gasteiger charge is 2.26. The summed E-state index contributed by atoms with van der Waals surface area (Å²) in [6, 6.07) is 0. The molecule has 4 nitrogen and oxygen atoms in total. The molecule has 66 valence electrons. The first kappa shape index (κ1) is 10.7. The molecule has 1 atom stereocenters. The van der Waals surface area contributed by atoms with E-state index in [0.29, 0.717) is 0 Å². The molecule has 3 N–H and O–H groups in total. The van der Waals surface area contributed by atoms with Crippen LogP contribution in [0, 0.1) is 0 Å². The minimum atomic E-state index is -1.55. The average molecular weight is 182 g/mol. The standard InChI is InChI=1S/C6H12ClNO3/c1-2-6(10,4-8)11-5(9)3-7/h10H,2-4,8H2,1H3. The van der Waals surface area contributed by atoms with Crippen molar-refractivity contribution >= 4 is 17.6 Å². The third-order valence-electron chi connectivity index (χ3n) is 1.28. The second-order valence-corrected chi connectivity index (χ2v) is 2.38. The fraction of sp³-hybridized carbons (Fsp3) is 0.833. The lowest BCUT2D eigenvalue weighted by atomic mass is 10.2. The van der Waals surface area contributed by atoms with Crippen LogP contribution in [-0.4, -0.2) is 29.3 Å². The molecule has 0 aliphatic heterocycles. The van der Waals surface area contributed by atoms with Gasteiger partial charge in [-0.3, -0.25) is 4.79 Å². The average Bonchev–Trinajstić information content (AvgIpc) is 2.04. The Balaban J connectivity index is 3.96. The molecule has 1 unspecified atom stereocenters. The van der Waals surface area contributed by atoms with Gasteiger partial charge in [0.25, 0.3) is 0 Å². The Morgan fingerprint density at radius 2 is 2.36 bits per heavy atom. The minimum absolute atomic E-state index is 0.119. The lowest BCUT2D eigenvalue weighted by Gasteiger charge is -2.24. The molecule has 0 amide bonds. The molecule has 0 heterocycles. The van der Waals surface area contributed by atoms with Crippen molar-refractivity contribution in [2.75, 3.05) is 12.4 Å². The lowest BCUT2D eigenvalue weighted by molar-refractivity contribution is -0.203. The van der Waals surface area contributed by atoms with E-state index in [-0.39, 0.29) is 18.8 Å². The highest BCUT2D eigenvalue weighted by Crippen LogP contribution is 2.09. The fourth-order valence-corrected chi connectivity index (χ4v) is 0.552. The number of carbonyl (C=O) groups is 1. The number of halogens is 1. The molecule has 5 heteroatoms. The summed E-state index contributed by atoms with van der Waals surface area (Å²) < 4.78 is 4.55. The van der Waals surface area contributed by atoms with Crippen molar-refractivity contribution in [1.29, 1.82) is 0 Å². The van der Waals surface area contributed by atoms with E-state index in [0.717, 1.165) is 0 Å². The number of rotatable bonds is 4. The second kappa shape index (κ2) is 4.54. The summed E-state index contributed by atoms with van der Waals surface area (Å²) in [5.74, 6) is -2.49. The predicted octanol–water partition coefficient (Wildman–Crippen LogP) is -0.174. The van der Waals surface area contributed by atoms with Crippen molar-refractivity contribution in [1.82, 2.24) is 0 Å². The summed E-state index contributed by atoms with van der Waals surface area (Å²) in [5.41, 5.74) is 5.15. The number of hydrogen-bond donors (Lipinski definition) is 2. The van der Waals surface area contributed by atoms with Gasteiger partial charge in [0.15, 0.2) is 0 Å². The predicted molar refractivity (Wildman–Crippen MR) is 41.1 cm³/mol. The van der Waals surface area contributed by atoms with Crippen LogP contribution in [0.5, 0.6) is 0 Å². The van der Waals surface area contributed by atoms with Gasteiger partial charge in [-0.2, -0.15) is 0 Å². The van der Waals surface area contributed by atoms with Gasteiger partial charge in [-0.15, -0.1) is 11.6 Å². The minimum Gasteiger partial charge on any atom is -0.431 e. The molecule has 0 spiro atoms. The van der Waals surface area contributed by atoms with Crippen LogP contribution < -0.4 is 5.73 Å². The van der Waals surface area contributed by atoms with Gasteiger partial charge in [0.05, 0.1) is 6.54 Å². The van der Waals surface area contributed by atoms with Crippen LogP contribution in [0.3, 0.4) is 0 Å². The molecule has 0 aromatic heterocycles. The first-order chi connectivity index (χ1) is 5.08. The maximum atomic E-state index is 10.6. The van der Waals surface area contributed by atoms with Gasteiger partial charge in [0.2, 0.25) is 5.79 Å². The number of esters is 1. The van der Waals surface area contributed by atoms with Gasteiger partial charge in [-0.1, -0.05) is 6.92 Å². The van der Waals surface area contributed by atoms with E-state index in [9.17, 15) is 9.90 Å². The molecular weight excluding hydrogens is 170 g/mol. The van der Waals surface area contributed by atoms with Crippen molar-refractivity contribution in [2.45, 2.75) is 19.1 Å². The van der Waals surface area contributed by atoms with Crippen molar-refractivity contribution in [3.05, 3.63) is 0 Å². The zero-order valence-corrected chi connectivity index (χ0v) is 7.10. The van der Waals surface area contributed by atoms with Gasteiger partial charge >= 0.3 is 5.97 Å². The summed E-state index contributed by atoms with van der Waals surface area (Å²) in [5, 5.41) is 9.30. The second-order valence-electron chi connectivity index (χ2n) is 2.11. The molecule has 11 heavy (non-hydrogen) atoms. The third-order valence-corrected chi connectivity index (χ3v) is 1.50. The summed E-state index contributed by atoms with van der Waals surface area (Å²) in [6.45, 7) is 1.54. The van der Waals surface area contributed by atoms with Crippen LogP contribution in [0.1, 0.15) is 13.3 Å². The quantitative estimate of drug-likeness (QED) is 0.359. The Bertz CT molecular complexity index is 136. The summed E-state index contributed by atoms with van der Waals surface area (Å²) >= 11 is 5.15. The normalized spacial score (nSPS) is 15.6. The van der Waals surface area contributed by atoms with Crippen LogP contribution in [0.2, 0.25) is 0 Å². The summed E-state index contributed by atoms with van der Waals surface area (Å²) in [6.07, 6.45) is 0.256. The maximum absolute atomic E-state index is 10.6. The number of aliphatic hydroxyl groups is 1. The number of alkyl halides is 1. The summed E-state index contributed by atoms with van der Waals surface area (Å²) in [4.78, 5) is 10.6. The van der Waals surface area contributed by atoms with E-state index >= 15 is 0 Å². The van der Waals surface area contributed by atoms with E-state index < -0.39 is 11.8 Å². The molecule has 0 saturated heterocycles. The molecule has 0 rings (SSSR count). The molecule has 0 saturated carbocycles. The Hall–Kier alpha value is -0.320. The van der Waals surface area contributed by atoms with Gasteiger partial charge in [0, 0.05) is 6.42 Å². The molecular formula is C6H12ClNO3. The van der Waals surface area contributed by atoms with Gasteiger partial charge in [-0.25, -0.2) is 0 Å². The van der Waals surface area contributed by atoms with E-state index in [2.05, 4.69) is 4.74 Å². The van der Waals surface area contributed by atoms with Crippen molar-refractivity contribution in [2.24, 2.45) is 5.73 Å². The van der Waals surface area contributed by atoms with E-state index in [1.54, 1.807) is 6.92 Å². The van der Waals surface area contributed by atoms with Crippen molar-refractivity contribution in [3.63, 3.8) is 0 Å². The molecule has 0 bridgehead atoms. The summed E-state index contributed by atoms with van der Waals surface area (Å²) in [7, 11) is 0. The zero-order valence-electron chi connectivity index (χ0n) is 6.34. The maximum Gasteiger partial charge on any atom is 0.323 e. The third kappa shape index (κ3) is 3.55. The number of carbonyl (C=O) groups excluding carboxylic acids is 1. The Morgan fingerprint density at radius 1 is 1.82 bits per heavy atom. The van der Waals surface area contributed by atoms with Crippen LogP contribution in [0.4, 0.5) is 0 Å². The first-order valence-electron chi connectivity index (χ1n) is 3.28. The van der Waals surface area contributed by atoms with E-state index in [1.807, 2.05) is 0 Å². The van der Waals surface area contributed by atoms with Crippen LogP contribution >= 0.6 is 11.6 Å². The monoisotopic (exact) mass is 181 g/mol. The fourth-order valence-electron chi connectivity index (χ4n) is 0.497. The zero-order chi connectivity index (χ0) is 8.91. The molecule has 0 fully saturated rings. The number of nitrogens with two attached hydrogens (primary N) is 1. The Kier molecular flexibility index (Phi) is 4.40. The molecule has 0 aromatic carbocycles. The highest BCUT2D eigenvalue weighted by molar-refractivity contribution is 6.26. The molecule has 0 radical (unpaired) electrons. The topological polar surface area (TPSA) is 72.6 Å². The molecule has 0 aliphatic carbocycles. The van der Waals surface area contributed by atoms with Crippen LogP contribution in [0.25, 0.3) is 0 Å². The first-order valence-corrected chi connectivity index (χ1v) is 3.81. The van der Waals surface area contributed by atoms with Crippen LogP contribution in [-0.2, 0) is 9.53 Å². The highest BCUT2D eigenvalue weighted by atomic mass is 35.5. The Morgan fingerprint density at radius 3 is 2.64 bits per heavy atom. The van der Waals surface area contributed by atoms with E-state index in [1.165, 1.54) is 0 Å². The largest absolute Gasteiger partial charge is 0.431 e. The molecule has 0 aromatic rings. The lowest BCUT2D eigenvalue weighted by Crippen LogP contribution is -2.42.